The molecule has 0 bridgehead atoms. The minimum absolute atomic E-state index is 0.0357. The SMILES string of the molecule is O=C(NCCC(=O)N1CCN(S(=O)(=O)c2c(F)cccc2F)CC1)c1ccc(Cl)cc1. The molecule has 1 aliphatic rings. The summed E-state index contributed by atoms with van der Waals surface area (Å²) < 4.78 is 54.0. The summed E-state index contributed by atoms with van der Waals surface area (Å²) in [6.07, 6.45) is 0.0357. The number of hydrogen-bond donors (Lipinski definition) is 1. The average Bonchev–Trinajstić information content (AvgIpc) is 2.74. The lowest BCUT2D eigenvalue weighted by Gasteiger charge is -2.34. The molecule has 1 aliphatic heterocycles. The van der Waals surface area contributed by atoms with Gasteiger partial charge in [-0.1, -0.05) is 17.7 Å². The van der Waals surface area contributed by atoms with E-state index in [1.807, 2.05) is 0 Å². The van der Waals surface area contributed by atoms with E-state index < -0.39 is 26.6 Å². The number of carbonyl (C=O) groups is 2. The van der Waals surface area contributed by atoms with E-state index in [9.17, 15) is 26.8 Å². The quantitative estimate of drug-likeness (QED) is 0.700. The lowest BCUT2D eigenvalue weighted by Crippen LogP contribution is -2.51. The maximum atomic E-state index is 13.9. The summed E-state index contributed by atoms with van der Waals surface area (Å²) in [6, 6.07) is 9.16. The van der Waals surface area contributed by atoms with Gasteiger partial charge in [-0.15, -0.1) is 0 Å². The first-order chi connectivity index (χ1) is 14.7. The summed E-state index contributed by atoms with van der Waals surface area (Å²) in [7, 11) is -4.36. The first-order valence-corrected chi connectivity index (χ1v) is 11.3. The first-order valence-electron chi connectivity index (χ1n) is 9.46. The fourth-order valence-electron chi connectivity index (χ4n) is 3.18. The largest absolute Gasteiger partial charge is 0.352 e. The highest BCUT2D eigenvalue weighted by atomic mass is 35.5. The van der Waals surface area contributed by atoms with Crippen LogP contribution in [0.25, 0.3) is 0 Å². The van der Waals surface area contributed by atoms with Crippen LogP contribution in [0.1, 0.15) is 16.8 Å². The Morgan fingerprint density at radius 1 is 0.968 bits per heavy atom. The van der Waals surface area contributed by atoms with Gasteiger partial charge < -0.3 is 10.2 Å². The molecule has 2 aromatic carbocycles. The summed E-state index contributed by atoms with van der Waals surface area (Å²) in [5.74, 6) is -2.91. The van der Waals surface area contributed by atoms with Gasteiger partial charge in [0.05, 0.1) is 0 Å². The van der Waals surface area contributed by atoms with E-state index >= 15 is 0 Å². The van der Waals surface area contributed by atoms with E-state index in [0.29, 0.717) is 10.6 Å². The second-order valence-electron chi connectivity index (χ2n) is 6.85. The van der Waals surface area contributed by atoms with Crippen LogP contribution < -0.4 is 5.32 Å². The van der Waals surface area contributed by atoms with Crippen LogP contribution in [0.15, 0.2) is 47.4 Å². The summed E-state index contributed by atoms with van der Waals surface area (Å²) in [4.78, 5) is 24.9. The highest BCUT2D eigenvalue weighted by molar-refractivity contribution is 7.89. The lowest BCUT2D eigenvalue weighted by atomic mass is 10.2. The Labute approximate surface area is 183 Å². The highest BCUT2D eigenvalue weighted by Crippen LogP contribution is 2.23. The maximum absolute atomic E-state index is 13.9. The third-order valence-electron chi connectivity index (χ3n) is 4.84. The van der Waals surface area contributed by atoms with Crippen LogP contribution in [-0.2, 0) is 14.8 Å². The zero-order valence-corrected chi connectivity index (χ0v) is 17.9. The summed E-state index contributed by atoms with van der Waals surface area (Å²) in [6.45, 7) is 0.107. The monoisotopic (exact) mass is 471 g/mol. The van der Waals surface area contributed by atoms with Gasteiger partial charge in [-0.2, -0.15) is 4.31 Å². The normalized spacial score (nSPS) is 15.0. The van der Waals surface area contributed by atoms with Crippen LogP contribution in [0.2, 0.25) is 5.02 Å². The Kier molecular flexibility index (Phi) is 7.24. The van der Waals surface area contributed by atoms with E-state index in [1.54, 1.807) is 24.3 Å². The van der Waals surface area contributed by atoms with E-state index in [0.717, 1.165) is 22.5 Å². The van der Waals surface area contributed by atoms with Crippen LogP contribution in [0.5, 0.6) is 0 Å². The van der Waals surface area contributed by atoms with Crippen molar-refractivity contribution in [3.8, 4) is 0 Å². The number of halogens is 3. The number of hydrogen-bond acceptors (Lipinski definition) is 4. The molecule has 0 radical (unpaired) electrons. The molecule has 166 valence electrons. The number of benzene rings is 2. The second kappa shape index (κ2) is 9.71. The third-order valence-corrected chi connectivity index (χ3v) is 7.04. The predicted octanol–water partition coefficient (Wildman–Crippen LogP) is 2.27. The minimum Gasteiger partial charge on any atom is -0.352 e. The number of amides is 2. The Morgan fingerprint density at radius 2 is 1.55 bits per heavy atom. The molecule has 2 amide bonds. The van der Waals surface area contributed by atoms with E-state index in [-0.39, 0.29) is 51.0 Å². The van der Waals surface area contributed by atoms with Crippen LogP contribution in [0.3, 0.4) is 0 Å². The van der Waals surface area contributed by atoms with Gasteiger partial charge in [0.1, 0.15) is 11.6 Å². The molecule has 0 aromatic heterocycles. The number of carbonyl (C=O) groups excluding carboxylic acids is 2. The first kappa shape index (κ1) is 23.1. The molecule has 0 spiro atoms. The van der Waals surface area contributed by atoms with Crippen molar-refractivity contribution >= 4 is 33.4 Å². The molecule has 0 atom stereocenters. The van der Waals surface area contributed by atoms with Gasteiger partial charge in [-0.3, -0.25) is 9.59 Å². The van der Waals surface area contributed by atoms with Gasteiger partial charge in [-0.25, -0.2) is 17.2 Å². The maximum Gasteiger partial charge on any atom is 0.251 e. The third kappa shape index (κ3) is 5.38. The molecule has 0 unspecified atom stereocenters. The number of nitrogens with zero attached hydrogens (tertiary/aromatic N) is 2. The van der Waals surface area contributed by atoms with Gasteiger partial charge in [0.2, 0.25) is 15.9 Å². The molecule has 1 heterocycles. The van der Waals surface area contributed by atoms with Gasteiger partial charge in [0.25, 0.3) is 5.91 Å². The summed E-state index contributed by atoms with van der Waals surface area (Å²) in [5.41, 5.74) is 0.413. The fourth-order valence-corrected chi connectivity index (χ4v) is 4.84. The fraction of sp³-hybridized carbons (Fsp3) is 0.300. The molecule has 1 saturated heterocycles. The average molecular weight is 472 g/mol. The predicted molar refractivity (Wildman–Crippen MR) is 110 cm³/mol. The van der Waals surface area contributed by atoms with Crippen molar-refractivity contribution < 1.29 is 26.8 Å². The number of piperazine rings is 1. The molecule has 0 saturated carbocycles. The molecule has 0 aliphatic carbocycles. The summed E-state index contributed by atoms with van der Waals surface area (Å²) >= 11 is 5.78. The second-order valence-corrected chi connectivity index (χ2v) is 9.16. The topological polar surface area (TPSA) is 86.8 Å². The van der Waals surface area contributed by atoms with Crippen molar-refractivity contribution in [3.05, 3.63) is 64.7 Å². The molecule has 11 heteroatoms. The number of rotatable bonds is 6. The molecular weight excluding hydrogens is 452 g/mol. The molecular formula is C20H20ClF2N3O4S. The Morgan fingerprint density at radius 3 is 2.13 bits per heavy atom. The Bertz CT molecular complexity index is 1050. The molecule has 2 aromatic rings. The molecule has 7 nitrogen and oxygen atoms in total. The van der Waals surface area contributed by atoms with Gasteiger partial charge in [0, 0.05) is 49.7 Å². The van der Waals surface area contributed by atoms with Gasteiger partial charge in [0.15, 0.2) is 4.90 Å². The molecule has 1 N–H and O–H groups in total. The highest BCUT2D eigenvalue weighted by Gasteiger charge is 2.33. The minimum atomic E-state index is -4.36. The lowest BCUT2D eigenvalue weighted by molar-refractivity contribution is -0.132. The van der Waals surface area contributed by atoms with Crippen molar-refractivity contribution in [2.24, 2.45) is 0 Å². The van der Waals surface area contributed by atoms with Crippen molar-refractivity contribution in [2.75, 3.05) is 32.7 Å². The van der Waals surface area contributed by atoms with E-state index in [4.69, 9.17) is 11.6 Å². The van der Waals surface area contributed by atoms with Gasteiger partial charge >= 0.3 is 0 Å². The van der Waals surface area contributed by atoms with Crippen LogP contribution in [0, 0.1) is 11.6 Å². The Balaban J connectivity index is 1.50. The Hall–Kier alpha value is -2.56. The molecule has 3 rings (SSSR count). The zero-order valence-electron chi connectivity index (χ0n) is 16.4. The van der Waals surface area contributed by atoms with E-state index in [1.165, 1.54) is 4.90 Å². The van der Waals surface area contributed by atoms with Crippen molar-refractivity contribution in [2.45, 2.75) is 11.3 Å². The molecule has 1 fully saturated rings. The van der Waals surface area contributed by atoms with Crippen LogP contribution >= 0.6 is 11.6 Å². The van der Waals surface area contributed by atoms with E-state index in [2.05, 4.69) is 5.32 Å². The summed E-state index contributed by atoms with van der Waals surface area (Å²) in [5, 5.41) is 3.14. The van der Waals surface area contributed by atoms with Crippen molar-refractivity contribution in [1.82, 2.24) is 14.5 Å². The van der Waals surface area contributed by atoms with Crippen LogP contribution in [0.4, 0.5) is 8.78 Å². The van der Waals surface area contributed by atoms with Crippen molar-refractivity contribution in [1.29, 1.82) is 0 Å². The number of sulfonamides is 1. The smallest absolute Gasteiger partial charge is 0.251 e. The van der Waals surface area contributed by atoms with Gasteiger partial charge in [-0.05, 0) is 36.4 Å². The molecule has 31 heavy (non-hydrogen) atoms. The zero-order chi connectivity index (χ0) is 22.6. The number of nitrogens with one attached hydrogen (secondary N) is 1. The standard InChI is InChI=1S/C20H20ClF2N3O4S/c21-15-6-4-14(5-7-15)20(28)24-9-8-18(27)25-10-12-26(13-11-25)31(29,30)19-16(22)2-1-3-17(19)23/h1-7H,8-13H2,(H,24,28). The van der Waals surface area contributed by atoms with Crippen LogP contribution in [-0.4, -0.2) is 62.2 Å². The van der Waals surface area contributed by atoms with Crippen molar-refractivity contribution in [3.63, 3.8) is 0 Å².